The van der Waals surface area contributed by atoms with Crippen LogP contribution >= 0.6 is 38.5 Å². The molecule has 2 aromatic rings. The number of fused-ring (bicyclic) bond motifs is 1. The lowest BCUT2D eigenvalue weighted by molar-refractivity contribution is 0.0507. The van der Waals surface area contributed by atoms with Crippen LogP contribution in [0.4, 0.5) is 0 Å². The van der Waals surface area contributed by atoms with Crippen LogP contribution in [0, 0.1) is 3.57 Å². The lowest BCUT2D eigenvalue weighted by Gasteiger charge is -2.06. The Hall–Kier alpha value is -0.340. The molecule has 4 nitrogen and oxygen atoms in total. The van der Waals surface area contributed by atoms with Gasteiger partial charge in [0.15, 0.2) is 6.79 Å². The topological polar surface area (TPSA) is 35.8 Å². The Morgan fingerprint density at radius 3 is 3.13 bits per heavy atom. The molecule has 2 heterocycles. The monoisotopic (exact) mass is 382 g/mol. The first-order valence-corrected chi connectivity index (χ1v) is 6.03. The molecule has 0 aromatic carbocycles. The average molecular weight is 383 g/mol. The molecule has 0 bridgehead atoms. The molecule has 0 amide bonds. The van der Waals surface area contributed by atoms with Gasteiger partial charge in [0, 0.05) is 11.6 Å². The highest BCUT2D eigenvalue weighted by Crippen LogP contribution is 2.27. The molecule has 0 atom stereocenters. The van der Waals surface area contributed by atoms with Gasteiger partial charge in [0.2, 0.25) is 0 Å². The fourth-order valence-corrected chi connectivity index (χ4v) is 2.87. The number of methoxy groups -OCH3 is 1. The van der Waals surface area contributed by atoms with Gasteiger partial charge in [-0.25, -0.2) is 4.52 Å². The van der Waals surface area contributed by atoms with Crippen LogP contribution in [0.3, 0.4) is 0 Å². The van der Waals surface area contributed by atoms with E-state index in [-0.39, 0.29) is 6.79 Å². The molecular formula is C9H8BrIN2O2. The molecule has 80 valence electrons. The van der Waals surface area contributed by atoms with E-state index in [2.05, 4.69) is 43.6 Å². The number of nitrogens with zero attached hydrogens (tertiary/aromatic N) is 2. The smallest absolute Gasteiger partial charge is 0.188 e. The first-order chi connectivity index (χ1) is 7.22. The first kappa shape index (κ1) is 11.2. The standard InChI is InChI=1S/C9H8BrIN2O2/c1-14-5-15-6-2-7(10)9-8(11)3-12-13(9)4-6/h2-4H,5H2,1H3. The lowest BCUT2D eigenvalue weighted by atomic mass is 10.4. The van der Waals surface area contributed by atoms with Crippen LogP contribution in [0.2, 0.25) is 0 Å². The zero-order chi connectivity index (χ0) is 10.8. The summed E-state index contributed by atoms with van der Waals surface area (Å²) in [4.78, 5) is 0. The molecule has 2 rings (SSSR count). The largest absolute Gasteiger partial charge is 0.466 e. The number of hydrogen-bond donors (Lipinski definition) is 0. The van der Waals surface area contributed by atoms with Gasteiger partial charge in [-0.15, -0.1) is 0 Å². The van der Waals surface area contributed by atoms with E-state index in [9.17, 15) is 0 Å². The van der Waals surface area contributed by atoms with Crippen molar-refractivity contribution in [1.29, 1.82) is 0 Å². The first-order valence-electron chi connectivity index (χ1n) is 4.16. The zero-order valence-corrected chi connectivity index (χ0v) is 11.6. The fourth-order valence-electron chi connectivity index (χ4n) is 1.22. The maximum absolute atomic E-state index is 5.34. The van der Waals surface area contributed by atoms with Crippen molar-refractivity contribution in [1.82, 2.24) is 9.61 Å². The SMILES string of the molecule is COCOc1cc(Br)c2c(I)cnn2c1. The van der Waals surface area contributed by atoms with Gasteiger partial charge in [-0.3, -0.25) is 0 Å². The summed E-state index contributed by atoms with van der Waals surface area (Å²) in [5.41, 5.74) is 1.04. The second kappa shape index (κ2) is 4.67. The Balaban J connectivity index is 2.44. The molecule has 0 saturated carbocycles. The van der Waals surface area contributed by atoms with Crippen molar-refractivity contribution in [3.8, 4) is 5.75 Å². The Bertz CT molecular complexity index is 486. The van der Waals surface area contributed by atoms with Crippen LogP contribution in [0.15, 0.2) is 22.9 Å². The molecule has 0 aliphatic rings. The summed E-state index contributed by atoms with van der Waals surface area (Å²) in [6.45, 7) is 0.232. The Morgan fingerprint density at radius 2 is 2.40 bits per heavy atom. The summed E-state index contributed by atoms with van der Waals surface area (Å²) in [7, 11) is 1.59. The molecule has 0 aliphatic heterocycles. The lowest BCUT2D eigenvalue weighted by Crippen LogP contribution is -2.00. The fraction of sp³-hybridized carbons (Fsp3) is 0.222. The summed E-state index contributed by atoms with van der Waals surface area (Å²) in [5, 5.41) is 4.21. The predicted octanol–water partition coefficient (Wildman–Crippen LogP) is 2.68. The molecular weight excluding hydrogens is 375 g/mol. The van der Waals surface area contributed by atoms with Crippen LogP contribution < -0.4 is 4.74 Å². The minimum Gasteiger partial charge on any atom is -0.466 e. The number of halogens is 2. The molecule has 0 saturated heterocycles. The van der Waals surface area contributed by atoms with E-state index < -0.39 is 0 Å². The molecule has 0 aliphatic carbocycles. The number of ether oxygens (including phenoxy) is 2. The van der Waals surface area contributed by atoms with Gasteiger partial charge < -0.3 is 9.47 Å². The van der Waals surface area contributed by atoms with Crippen LogP contribution in [-0.2, 0) is 4.74 Å². The molecule has 0 fully saturated rings. The number of pyridine rings is 1. The zero-order valence-electron chi connectivity index (χ0n) is 7.91. The van der Waals surface area contributed by atoms with E-state index in [1.54, 1.807) is 17.8 Å². The summed E-state index contributed by atoms with van der Waals surface area (Å²) in [5.74, 6) is 0.718. The molecule has 2 aromatic heterocycles. The summed E-state index contributed by atoms with van der Waals surface area (Å²) in [6, 6.07) is 1.90. The second-order valence-electron chi connectivity index (χ2n) is 2.86. The van der Waals surface area contributed by atoms with Crippen molar-refractivity contribution in [2.45, 2.75) is 0 Å². The van der Waals surface area contributed by atoms with Gasteiger partial charge in [0.1, 0.15) is 5.75 Å². The summed E-state index contributed by atoms with van der Waals surface area (Å²) >= 11 is 5.72. The Kier molecular flexibility index (Phi) is 3.47. The van der Waals surface area contributed by atoms with E-state index in [4.69, 9.17) is 9.47 Å². The molecule has 0 radical (unpaired) electrons. The van der Waals surface area contributed by atoms with Crippen LogP contribution in [0.1, 0.15) is 0 Å². The maximum Gasteiger partial charge on any atom is 0.188 e. The molecule has 0 spiro atoms. The van der Waals surface area contributed by atoms with E-state index in [1.807, 2.05) is 12.3 Å². The highest BCUT2D eigenvalue weighted by atomic mass is 127. The van der Waals surface area contributed by atoms with E-state index in [1.165, 1.54) is 0 Å². The minimum absolute atomic E-state index is 0.232. The van der Waals surface area contributed by atoms with E-state index in [0.717, 1.165) is 19.3 Å². The molecule has 6 heteroatoms. The van der Waals surface area contributed by atoms with Gasteiger partial charge >= 0.3 is 0 Å². The van der Waals surface area contributed by atoms with Gasteiger partial charge in [0.25, 0.3) is 0 Å². The van der Waals surface area contributed by atoms with Crippen LogP contribution in [0.5, 0.6) is 5.75 Å². The third-order valence-corrected chi connectivity index (χ3v) is 3.23. The van der Waals surface area contributed by atoms with Gasteiger partial charge in [-0.05, 0) is 44.6 Å². The molecule has 0 unspecified atom stereocenters. The second-order valence-corrected chi connectivity index (χ2v) is 4.88. The number of aromatic nitrogens is 2. The van der Waals surface area contributed by atoms with Crippen LogP contribution in [-0.4, -0.2) is 23.5 Å². The number of hydrogen-bond acceptors (Lipinski definition) is 3. The van der Waals surface area contributed by atoms with Crippen molar-refractivity contribution in [3.05, 3.63) is 26.5 Å². The van der Waals surface area contributed by atoms with Gasteiger partial charge in [-0.2, -0.15) is 5.10 Å². The maximum atomic E-state index is 5.34. The third kappa shape index (κ3) is 2.26. The molecule has 0 N–H and O–H groups in total. The highest BCUT2D eigenvalue weighted by Gasteiger charge is 2.07. The van der Waals surface area contributed by atoms with Gasteiger partial charge in [-0.1, -0.05) is 0 Å². The molecule has 15 heavy (non-hydrogen) atoms. The van der Waals surface area contributed by atoms with Crippen molar-refractivity contribution >= 4 is 44.0 Å². The quantitative estimate of drug-likeness (QED) is 0.604. The highest BCUT2D eigenvalue weighted by molar-refractivity contribution is 14.1. The minimum atomic E-state index is 0.232. The van der Waals surface area contributed by atoms with E-state index >= 15 is 0 Å². The average Bonchev–Trinajstić information content (AvgIpc) is 2.58. The van der Waals surface area contributed by atoms with Crippen molar-refractivity contribution in [2.75, 3.05) is 13.9 Å². The summed E-state index contributed by atoms with van der Waals surface area (Å²) in [6.07, 6.45) is 3.63. The van der Waals surface area contributed by atoms with Crippen LogP contribution in [0.25, 0.3) is 5.52 Å². The normalized spacial score (nSPS) is 10.9. The van der Waals surface area contributed by atoms with Crippen molar-refractivity contribution in [2.24, 2.45) is 0 Å². The van der Waals surface area contributed by atoms with E-state index in [0.29, 0.717) is 0 Å². The third-order valence-electron chi connectivity index (χ3n) is 1.84. The van der Waals surface area contributed by atoms with Gasteiger partial charge in [0.05, 0.1) is 21.5 Å². The Morgan fingerprint density at radius 1 is 1.60 bits per heavy atom. The predicted molar refractivity (Wildman–Crippen MR) is 68.1 cm³/mol. The Labute approximate surface area is 109 Å². The summed E-state index contributed by atoms with van der Waals surface area (Å²) < 4.78 is 14.0. The number of rotatable bonds is 3. The van der Waals surface area contributed by atoms with Crippen molar-refractivity contribution < 1.29 is 9.47 Å². The van der Waals surface area contributed by atoms with Crippen molar-refractivity contribution in [3.63, 3.8) is 0 Å².